The van der Waals surface area contributed by atoms with Crippen molar-refractivity contribution in [3.05, 3.63) is 127 Å². The molecular weight excluding hydrogens is 422 g/mol. The number of anilines is 1. The molecule has 1 nitrogen and oxygen atoms in total. The van der Waals surface area contributed by atoms with Gasteiger partial charge in [0.25, 0.3) is 0 Å². The summed E-state index contributed by atoms with van der Waals surface area (Å²) in [5.41, 5.74) is 12.0. The van der Waals surface area contributed by atoms with Gasteiger partial charge in [0, 0.05) is 16.8 Å². The second-order valence-corrected chi connectivity index (χ2v) is 9.21. The van der Waals surface area contributed by atoms with E-state index in [1.807, 2.05) is 0 Å². The molecule has 7 aromatic rings. The summed E-state index contributed by atoms with van der Waals surface area (Å²) in [4.78, 5) is 0. The van der Waals surface area contributed by atoms with E-state index in [1.54, 1.807) is 0 Å². The summed E-state index contributed by atoms with van der Waals surface area (Å²) in [5.74, 6) is 0. The van der Waals surface area contributed by atoms with Gasteiger partial charge in [-0.2, -0.15) is 0 Å². The predicted molar refractivity (Wildman–Crippen MR) is 152 cm³/mol. The van der Waals surface area contributed by atoms with Gasteiger partial charge in [-0.05, 0) is 66.3 Å². The molecule has 0 aromatic heterocycles. The first kappa shape index (κ1) is 19.8. The quantitative estimate of drug-likeness (QED) is 0.208. The second-order valence-electron chi connectivity index (χ2n) is 9.21. The number of rotatable bonds is 2. The van der Waals surface area contributed by atoms with E-state index in [9.17, 15) is 0 Å². The van der Waals surface area contributed by atoms with E-state index in [4.69, 9.17) is 5.73 Å². The van der Waals surface area contributed by atoms with Crippen molar-refractivity contribution in [2.75, 3.05) is 5.73 Å². The van der Waals surface area contributed by atoms with Gasteiger partial charge in [0.1, 0.15) is 0 Å². The Morgan fingerprint density at radius 3 is 1.29 bits per heavy atom. The lowest BCUT2D eigenvalue weighted by Crippen LogP contribution is -1.94. The maximum absolute atomic E-state index is 6.82. The molecule has 0 aliphatic heterocycles. The van der Waals surface area contributed by atoms with Crippen LogP contribution in [-0.4, -0.2) is 0 Å². The zero-order valence-corrected chi connectivity index (χ0v) is 19.2. The molecule has 0 heterocycles. The van der Waals surface area contributed by atoms with Gasteiger partial charge in [0.05, 0.1) is 0 Å². The van der Waals surface area contributed by atoms with E-state index < -0.39 is 0 Å². The average Bonchev–Trinajstić information content (AvgIpc) is 2.92. The maximum Gasteiger partial charge on any atom is 0.0473 e. The summed E-state index contributed by atoms with van der Waals surface area (Å²) in [6, 6.07) is 45.6. The van der Waals surface area contributed by atoms with Crippen molar-refractivity contribution in [3.8, 4) is 22.3 Å². The Balaban J connectivity index is 1.36. The van der Waals surface area contributed by atoms with Gasteiger partial charge in [-0.25, -0.2) is 0 Å². The fourth-order valence-corrected chi connectivity index (χ4v) is 5.43. The Bertz CT molecular complexity index is 1780. The number of hydrogen-bond acceptors (Lipinski definition) is 1. The zero-order chi connectivity index (χ0) is 23.4. The third kappa shape index (κ3) is 3.17. The van der Waals surface area contributed by atoms with Gasteiger partial charge in [-0.3, -0.25) is 0 Å². The van der Waals surface area contributed by atoms with Crippen LogP contribution in [0.3, 0.4) is 0 Å². The van der Waals surface area contributed by atoms with E-state index in [-0.39, 0.29) is 0 Å². The molecule has 0 atom stereocenters. The zero-order valence-electron chi connectivity index (χ0n) is 19.2. The Hall–Kier alpha value is -4.62. The van der Waals surface area contributed by atoms with Crippen molar-refractivity contribution in [3.63, 3.8) is 0 Å². The van der Waals surface area contributed by atoms with Gasteiger partial charge in [-0.15, -0.1) is 0 Å². The summed E-state index contributed by atoms with van der Waals surface area (Å²) in [6.07, 6.45) is 0. The highest BCUT2D eigenvalue weighted by atomic mass is 14.6. The monoisotopic (exact) mass is 445 g/mol. The van der Waals surface area contributed by atoms with Gasteiger partial charge in [0.2, 0.25) is 0 Å². The van der Waals surface area contributed by atoms with E-state index in [0.717, 1.165) is 27.9 Å². The first-order valence-corrected chi connectivity index (χ1v) is 12.0. The van der Waals surface area contributed by atoms with Crippen molar-refractivity contribution in [2.45, 2.75) is 0 Å². The van der Waals surface area contributed by atoms with Crippen LogP contribution in [-0.2, 0) is 0 Å². The first-order chi connectivity index (χ1) is 17.3. The molecule has 0 fully saturated rings. The first-order valence-electron chi connectivity index (χ1n) is 12.0. The summed E-state index contributed by atoms with van der Waals surface area (Å²) < 4.78 is 0. The van der Waals surface area contributed by atoms with Gasteiger partial charge in [-0.1, -0.05) is 115 Å². The summed E-state index contributed by atoms with van der Waals surface area (Å²) in [5, 5.41) is 10.1. The van der Waals surface area contributed by atoms with Crippen molar-refractivity contribution < 1.29 is 0 Å². The topological polar surface area (TPSA) is 26.0 Å². The third-order valence-electron chi connectivity index (χ3n) is 7.22. The Morgan fingerprint density at radius 1 is 0.343 bits per heavy atom. The second kappa shape index (κ2) is 7.72. The highest BCUT2D eigenvalue weighted by Gasteiger charge is 2.11. The van der Waals surface area contributed by atoms with Crippen LogP contribution in [0.4, 0.5) is 5.69 Å². The maximum atomic E-state index is 6.82. The van der Waals surface area contributed by atoms with Gasteiger partial charge in [0.15, 0.2) is 0 Å². The molecule has 35 heavy (non-hydrogen) atoms. The molecule has 0 radical (unpaired) electrons. The predicted octanol–water partition coefficient (Wildman–Crippen LogP) is 9.22. The van der Waals surface area contributed by atoms with E-state index in [1.165, 1.54) is 43.1 Å². The minimum Gasteiger partial charge on any atom is -0.398 e. The van der Waals surface area contributed by atoms with E-state index >= 15 is 0 Å². The molecule has 0 saturated carbocycles. The molecule has 164 valence electrons. The van der Waals surface area contributed by atoms with Crippen LogP contribution >= 0.6 is 0 Å². The minimum atomic E-state index is 0.813. The Labute approximate surface area is 204 Å². The highest BCUT2D eigenvalue weighted by Crippen LogP contribution is 2.38. The molecule has 7 aromatic carbocycles. The lowest BCUT2D eigenvalue weighted by molar-refractivity contribution is 1.61. The fraction of sp³-hybridized carbons (Fsp3) is 0. The van der Waals surface area contributed by atoms with Crippen LogP contribution in [0, 0.1) is 0 Å². The summed E-state index contributed by atoms with van der Waals surface area (Å²) in [6.45, 7) is 0. The molecule has 1 heteroatoms. The van der Waals surface area contributed by atoms with Crippen LogP contribution in [0.15, 0.2) is 127 Å². The fourth-order valence-electron chi connectivity index (χ4n) is 5.43. The number of hydrogen-bond donors (Lipinski definition) is 1. The van der Waals surface area contributed by atoms with Crippen LogP contribution in [0.1, 0.15) is 0 Å². The Morgan fingerprint density at radius 2 is 0.771 bits per heavy atom. The molecule has 0 bridgehead atoms. The largest absolute Gasteiger partial charge is 0.398 e. The summed E-state index contributed by atoms with van der Waals surface area (Å²) >= 11 is 0. The number of fused-ring (bicyclic) bond motifs is 6. The van der Waals surface area contributed by atoms with Gasteiger partial charge >= 0.3 is 0 Å². The SMILES string of the molecule is Nc1c(-c2ccc3c(ccc4ccccc43)c2)cccc1-c1ccc2c(ccc3ccccc32)c1. The van der Waals surface area contributed by atoms with Crippen LogP contribution in [0.5, 0.6) is 0 Å². The van der Waals surface area contributed by atoms with Crippen LogP contribution in [0.2, 0.25) is 0 Å². The Kier molecular flexibility index (Phi) is 4.37. The summed E-state index contributed by atoms with van der Waals surface area (Å²) in [7, 11) is 0. The molecular formula is C34H23N. The molecule has 7 rings (SSSR count). The van der Waals surface area contributed by atoms with Crippen molar-refractivity contribution in [1.82, 2.24) is 0 Å². The molecule has 2 N–H and O–H groups in total. The molecule has 0 amide bonds. The third-order valence-corrected chi connectivity index (χ3v) is 7.22. The lowest BCUT2D eigenvalue weighted by atomic mass is 9.92. The van der Waals surface area contributed by atoms with Crippen LogP contribution in [0.25, 0.3) is 65.3 Å². The van der Waals surface area contributed by atoms with Crippen molar-refractivity contribution >= 4 is 48.8 Å². The molecule has 0 aliphatic carbocycles. The molecule has 0 spiro atoms. The smallest absolute Gasteiger partial charge is 0.0473 e. The van der Waals surface area contributed by atoms with Crippen molar-refractivity contribution in [1.29, 1.82) is 0 Å². The number of benzene rings is 7. The minimum absolute atomic E-state index is 0.813. The standard InChI is InChI=1S/C34H23N/c35-34-32(26-16-18-30-24(20-26)14-12-22-6-1-3-8-28(22)30)10-5-11-33(34)27-17-19-31-25(21-27)15-13-23-7-2-4-9-29(23)31/h1-21H,35H2. The number of nitrogen functional groups attached to an aromatic ring is 1. The van der Waals surface area contributed by atoms with Gasteiger partial charge < -0.3 is 5.73 Å². The number of para-hydroxylation sites is 1. The normalized spacial score (nSPS) is 11.5. The highest BCUT2D eigenvalue weighted by molar-refractivity contribution is 6.10. The number of nitrogens with two attached hydrogens (primary N) is 1. The van der Waals surface area contributed by atoms with E-state index in [0.29, 0.717) is 0 Å². The van der Waals surface area contributed by atoms with E-state index in [2.05, 4.69) is 127 Å². The molecule has 0 aliphatic rings. The average molecular weight is 446 g/mol. The lowest BCUT2D eigenvalue weighted by Gasteiger charge is -2.14. The van der Waals surface area contributed by atoms with Crippen LogP contribution < -0.4 is 5.73 Å². The molecule has 0 unspecified atom stereocenters. The van der Waals surface area contributed by atoms with Crippen molar-refractivity contribution in [2.24, 2.45) is 0 Å². The molecule has 0 saturated heterocycles.